The first kappa shape index (κ1) is 48.8. The summed E-state index contributed by atoms with van der Waals surface area (Å²) in [5, 5.41) is 3.40. The molecule has 0 saturated heterocycles. The molecule has 8 aromatic rings. The van der Waals surface area contributed by atoms with Crippen LogP contribution in [0.4, 0.5) is 0 Å². The number of Topliss-reactive ketones (excluding diaryl/α,β-unsaturated/α-hetero) is 2. The molecule has 0 fully saturated rings. The number of ketones is 2. The van der Waals surface area contributed by atoms with Crippen molar-refractivity contribution in [2.24, 2.45) is 0 Å². The standard InChI is InChI=1S/C10H10N3O.C9H9N3O.C8H7N3O.C7H6N3.4Y/c1-3-14-7(2)9-8-4-5-11-10(8)13-6-12-9;1-2-7(13)8-6-3-4-10-9(6)12-5-11-8;1-5(12)7-6-2-3-9-8(6)11-4-10-7;1-5-6-2-3-8-7(6)10-4-9-5;;;;/h4-6H,2-3H2,1H3;3-5H,2H2,1H3,(H,10,11,12,13);2-4H,1H3,(H,9,10,11,12);2-4H,1H3;;;;/q-1;;;-1;;;;/p-2. The summed E-state index contributed by atoms with van der Waals surface area (Å²) in [5.74, 6) is 0.531. The molecular formula is C34H30N12O3Y4-4. The van der Waals surface area contributed by atoms with Gasteiger partial charge in [0.05, 0.1) is 6.61 Å². The third-order valence-electron chi connectivity index (χ3n) is 6.90. The summed E-state index contributed by atoms with van der Waals surface area (Å²) in [4.78, 5) is 70.3. The second-order valence-electron chi connectivity index (χ2n) is 10.0. The van der Waals surface area contributed by atoms with Gasteiger partial charge < -0.3 is 44.6 Å². The van der Waals surface area contributed by atoms with Gasteiger partial charge in [0.25, 0.3) is 0 Å². The molecule has 15 nitrogen and oxygen atoms in total. The molecule has 0 aliphatic heterocycles. The van der Waals surface area contributed by atoms with Crippen LogP contribution in [0.1, 0.15) is 59.6 Å². The van der Waals surface area contributed by atoms with E-state index >= 15 is 0 Å². The molecule has 0 aliphatic rings. The van der Waals surface area contributed by atoms with Crippen molar-refractivity contribution < 1.29 is 145 Å². The Morgan fingerprint density at radius 1 is 0.585 bits per heavy atom. The van der Waals surface area contributed by atoms with E-state index in [1.54, 1.807) is 36.9 Å². The van der Waals surface area contributed by atoms with Crippen molar-refractivity contribution >= 4 is 61.5 Å². The second-order valence-corrected chi connectivity index (χ2v) is 10.0. The van der Waals surface area contributed by atoms with Crippen LogP contribution in [0, 0.1) is 6.92 Å². The minimum Gasteiger partial charge on any atom is -0.492 e. The van der Waals surface area contributed by atoms with Crippen LogP contribution in [0.15, 0.2) is 80.9 Å². The molecule has 8 rings (SSSR count). The summed E-state index contributed by atoms with van der Waals surface area (Å²) in [7, 11) is 0. The van der Waals surface area contributed by atoms with Gasteiger partial charge in [0.1, 0.15) is 22.8 Å². The largest absolute Gasteiger partial charge is 0.492 e. The van der Waals surface area contributed by atoms with Crippen LogP contribution in [-0.2, 0) is 136 Å². The molecule has 0 aromatic carbocycles. The zero-order chi connectivity index (χ0) is 34.8. The van der Waals surface area contributed by atoms with E-state index in [4.69, 9.17) is 4.74 Å². The zero-order valence-electron chi connectivity index (χ0n) is 29.5. The number of rotatable bonds is 6. The van der Waals surface area contributed by atoms with Crippen LogP contribution in [0.25, 0.3) is 49.9 Å². The first-order valence-corrected chi connectivity index (χ1v) is 15.0. The minimum atomic E-state index is -0.0598. The topological polar surface area (TPSA) is 203 Å². The Morgan fingerprint density at radius 3 is 1.40 bits per heavy atom. The number of hydrogen-bond acceptors (Lipinski definition) is 11. The van der Waals surface area contributed by atoms with E-state index in [0.29, 0.717) is 52.8 Å². The van der Waals surface area contributed by atoms with E-state index in [1.807, 2.05) is 32.9 Å². The van der Waals surface area contributed by atoms with Crippen molar-refractivity contribution in [2.45, 2.75) is 34.1 Å². The molecule has 53 heavy (non-hydrogen) atoms. The van der Waals surface area contributed by atoms with Crippen LogP contribution in [0.2, 0.25) is 0 Å². The van der Waals surface area contributed by atoms with E-state index < -0.39 is 0 Å². The fourth-order valence-electron chi connectivity index (χ4n) is 4.56. The van der Waals surface area contributed by atoms with Gasteiger partial charge in [0.15, 0.2) is 11.6 Å². The van der Waals surface area contributed by atoms with Crippen molar-refractivity contribution in [2.75, 3.05) is 6.61 Å². The summed E-state index contributed by atoms with van der Waals surface area (Å²) >= 11 is 0. The molecule has 0 atom stereocenters. The van der Waals surface area contributed by atoms with Gasteiger partial charge in [-0.2, -0.15) is 0 Å². The van der Waals surface area contributed by atoms with Crippen LogP contribution in [0.5, 0.6) is 0 Å². The average molecular weight is 1010 g/mol. The quantitative estimate of drug-likeness (QED) is 0.167. The fourth-order valence-corrected chi connectivity index (χ4v) is 4.56. The van der Waals surface area contributed by atoms with Gasteiger partial charge in [-0.15, -0.1) is 0 Å². The number of nitrogens with zero attached hydrogens (tertiary/aromatic N) is 12. The van der Waals surface area contributed by atoms with Crippen LogP contribution in [0.3, 0.4) is 0 Å². The van der Waals surface area contributed by atoms with Gasteiger partial charge in [-0.05, 0) is 41.8 Å². The summed E-state index contributed by atoms with van der Waals surface area (Å²) in [6.45, 7) is 11.5. The summed E-state index contributed by atoms with van der Waals surface area (Å²) in [5.41, 5.74) is 5.25. The number of fused-ring (bicyclic) bond motifs is 4. The maximum atomic E-state index is 11.4. The Bertz CT molecular complexity index is 2370. The number of aromatic nitrogens is 12. The number of hydrogen-bond donors (Lipinski definition) is 0. The van der Waals surface area contributed by atoms with Crippen molar-refractivity contribution in [3.63, 3.8) is 0 Å². The molecular weight excluding hydrogens is 980 g/mol. The van der Waals surface area contributed by atoms with Crippen molar-refractivity contribution in [3.05, 3.63) is 104 Å². The molecule has 8 heterocycles. The van der Waals surface area contributed by atoms with Crippen molar-refractivity contribution in [1.29, 1.82) is 0 Å². The Morgan fingerprint density at radius 2 is 0.962 bits per heavy atom. The number of aryl methyl sites for hydroxylation is 1. The van der Waals surface area contributed by atoms with Crippen LogP contribution < -0.4 is 19.9 Å². The molecule has 0 aliphatic carbocycles. The maximum Gasteiger partial charge on any atom is 0.181 e. The average Bonchev–Trinajstić information content (AvgIpc) is 3.95. The molecule has 0 N–H and O–H groups in total. The Hall–Kier alpha value is -2.22. The molecule has 0 bridgehead atoms. The van der Waals surface area contributed by atoms with Gasteiger partial charge in [-0.25, -0.2) is 0 Å². The van der Waals surface area contributed by atoms with E-state index in [1.165, 1.54) is 32.2 Å². The molecule has 19 heteroatoms. The van der Waals surface area contributed by atoms with Crippen LogP contribution in [-0.4, -0.2) is 58.0 Å². The van der Waals surface area contributed by atoms with Crippen molar-refractivity contribution in [3.8, 4) is 0 Å². The summed E-state index contributed by atoms with van der Waals surface area (Å²) < 4.78 is 5.29. The SMILES string of the molecule is C=C(OCC)c1ncnc2[n-]ccc12.CC(=O)c1ncnc2[n-]ccc12.CCC(=O)c1ncnc2[n-]ccc12.Cc1ncnc2[n-]ccc12.[Y].[Y].[Y].[Y]. The molecule has 8 aromatic heterocycles. The van der Waals surface area contributed by atoms with Crippen molar-refractivity contribution in [1.82, 2.24) is 59.8 Å². The smallest absolute Gasteiger partial charge is 0.181 e. The monoisotopic (exact) mass is 1010 g/mol. The third-order valence-corrected chi connectivity index (χ3v) is 6.90. The van der Waals surface area contributed by atoms with Gasteiger partial charge in [0, 0.05) is 191 Å². The normalized spacial score (nSPS) is 9.66. The summed E-state index contributed by atoms with van der Waals surface area (Å²) in [6, 6.07) is 7.28. The first-order valence-electron chi connectivity index (χ1n) is 15.0. The van der Waals surface area contributed by atoms with E-state index in [-0.39, 0.29) is 142 Å². The predicted molar refractivity (Wildman–Crippen MR) is 181 cm³/mol. The molecule has 0 unspecified atom stereocenters. The van der Waals surface area contributed by atoms with E-state index in [0.717, 1.165) is 32.9 Å². The molecule has 0 saturated carbocycles. The summed E-state index contributed by atoms with van der Waals surface area (Å²) in [6.07, 6.45) is 12.9. The minimum absolute atomic E-state index is 0. The number of carbonyl (C=O) groups excluding carboxylic acids is 2. The van der Waals surface area contributed by atoms with Gasteiger partial charge in [-0.3, -0.25) is 29.5 Å². The molecule has 260 valence electrons. The van der Waals surface area contributed by atoms with Crippen LogP contribution >= 0.6 is 0 Å². The third kappa shape index (κ3) is 12.6. The van der Waals surface area contributed by atoms with Gasteiger partial charge in [-0.1, -0.05) is 62.6 Å². The number of carbonyl (C=O) groups is 2. The molecule has 0 amide bonds. The zero-order valence-corrected chi connectivity index (χ0v) is 40.8. The Kier molecular flexibility index (Phi) is 22.4. The Balaban J connectivity index is 0.000000346. The predicted octanol–water partition coefficient (Wildman–Crippen LogP) is 4.45. The molecule has 0 spiro atoms. The fraction of sp³-hybridized carbons (Fsp3) is 0.176. The van der Waals surface area contributed by atoms with Gasteiger partial charge in [0.2, 0.25) is 0 Å². The van der Waals surface area contributed by atoms with Gasteiger partial charge >= 0.3 is 0 Å². The van der Waals surface area contributed by atoms with E-state index in [2.05, 4.69) is 66.4 Å². The van der Waals surface area contributed by atoms with E-state index in [9.17, 15) is 9.59 Å². The second kappa shape index (κ2) is 24.3. The number of ether oxygens (including phenoxy) is 1. The molecule has 4 radical (unpaired) electrons. The first-order chi connectivity index (χ1) is 23.8. The Labute approximate surface area is 405 Å². The maximum absolute atomic E-state index is 11.4.